The van der Waals surface area contributed by atoms with Crippen molar-refractivity contribution >= 4 is 11.6 Å². The molecule has 2 aromatic rings. The number of rotatable bonds is 3. The lowest BCUT2D eigenvalue weighted by atomic mass is 10.1. The summed E-state index contributed by atoms with van der Waals surface area (Å²) < 4.78 is 5.13. The standard InChI is InChI=1S/C13H15N5O5/c1-16-2-4-17(5-3-16)13-14-12(23-15-13)8-6-9(18(21)22)11(20)10(19)7-8/h6-7,19-20H,2-5H2,1H3. The van der Waals surface area contributed by atoms with Crippen molar-refractivity contribution in [1.29, 1.82) is 0 Å². The summed E-state index contributed by atoms with van der Waals surface area (Å²) in [6.45, 7) is 3.23. The van der Waals surface area contributed by atoms with Crippen LogP contribution in [0, 0.1) is 10.1 Å². The highest BCUT2D eigenvalue weighted by Gasteiger charge is 2.24. The number of aromatic hydroxyl groups is 2. The van der Waals surface area contributed by atoms with Crippen molar-refractivity contribution in [1.82, 2.24) is 15.0 Å². The zero-order valence-electron chi connectivity index (χ0n) is 12.3. The molecule has 0 atom stereocenters. The number of nitro groups is 1. The van der Waals surface area contributed by atoms with Crippen molar-refractivity contribution in [3.8, 4) is 23.0 Å². The van der Waals surface area contributed by atoms with E-state index in [-0.39, 0.29) is 11.5 Å². The third kappa shape index (κ3) is 2.88. The van der Waals surface area contributed by atoms with Crippen molar-refractivity contribution < 1.29 is 19.7 Å². The second kappa shape index (κ2) is 5.72. The summed E-state index contributed by atoms with van der Waals surface area (Å²) in [4.78, 5) is 18.4. The maximum absolute atomic E-state index is 10.9. The van der Waals surface area contributed by atoms with Crippen molar-refractivity contribution in [2.45, 2.75) is 0 Å². The van der Waals surface area contributed by atoms with E-state index < -0.39 is 22.1 Å². The maximum atomic E-state index is 10.9. The second-order valence-electron chi connectivity index (χ2n) is 5.31. The predicted molar refractivity (Wildman–Crippen MR) is 79.4 cm³/mol. The molecule has 10 heteroatoms. The summed E-state index contributed by atoms with van der Waals surface area (Å²) in [5.74, 6) is -0.980. The van der Waals surface area contributed by atoms with Crippen LogP contribution in [0.2, 0.25) is 0 Å². The first-order chi connectivity index (χ1) is 11.0. The molecule has 1 saturated heterocycles. The fraction of sp³-hybridized carbons (Fsp3) is 0.385. The largest absolute Gasteiger partial charge is 0.504 e. The molecular weight excluding hydrogens is 306 g/mol. The molecule has 0 saturated carbocycles. The van der Waals surface area contributed by atoms with Crippen LogP contribution in [-0.2, 0) is 0 Å². The first kappa shape index (κ1) is 15.0. The molecule has 1 aromatic carbocycles. The van der Waals surface area contributed by atoms with Gasteiger partial charge in [0.15, 0.2) is 5.75 Å². The number of anilines is 1. The molecule has 1 aliphatic rings. The lowest BCUT2D eigenvalue weighted by Gasteiger charge is -2.31. The molecule has 0 bridgehead atoms. The topological polar surface area (TPSA) is 129 Å². The van der Waals surface area contributed by atoms with Gasteiger partial charge in [-0.1, -0.05) is 0 Å². The van der Waals surface area contributed by atoms with Gasteiger partial charge in [-0.2, -0.15) is 4.98 Å². The van der Waals surface area contributed by atoms with Crippen LogP contribution >= 0.6 is 0 Å². The Labute approximate surface area is 130 Å². The van der Waals surface area contributed by atoms with E-state index in [9.17, 15) is 20.3 Å². The third-order valence-corrected chi connectivity index (χ3v) is 3.71. The molecule has 3 rings (SSSR count). The van der Waals surface area contributed by atoms with Crippen LogP contribution in [-0.4, -0.2) is 63.4 Å². The van der Waals surface area contributed by atoms with E-state index in [4.69, 9.17) is 4.52 Å². The van der Waals surface area contributed by atoms with Crippen LogP contribution in [0.4, 0.5) is 11.6 Å². The summed E-state index contributed by atoms with van der Waals surface area (Å²) in [6, 6.07) is 2.22. The van der Waals surface area contributed by atoms with Gasteiger partial charge in [0.25, 0.3) is 11.8 Å². The molecule has 23 heavy (non-hydrogen) atoms. The quantitative estimate of drug-likeness (QED) is 0.479. The highest BCUT2D eigenvalue weighted by atomic mass is 16.6. The number of phenolic OH excluding ortho intramolecular Hbond substituents is 2. The molecule has 122 valence electrons. The average molecular weight is 321 g/mol. The zero-order chi connectivity index (χ0) is 16.6. The molecule has 0 unspecified atom stereocenters. The molecule has 0 amide bonds. The Balaban J connectivity index is 1.90. The van der Waals surface area contributed by atoms with Crippen molar-refractivity contribution in [2.75, 3.05) is 38.1 Å². The molecule has 0 aliphatic carbocycles. The average Bonchev–Trinajstić information content (AvgIpc) is 3.00. The molecule has 10 nitrogen and oxygen atoms in total. The second-order valence-corrected chi connectivity index (χ2v) is 5.31. The highest BCUT2D eigenvalue weighted by Crippen LogP contribution is 2.39. The lowest BCUT2D eigenvalue weighted by Crippen LogP contribution is -2.44. The van der Waals surface area contributed by atoms with Crippen LogP contribution < -0.4 is 4.90 Å². The SMILES string of the molecule is CN1CCN(c2noc(-c3cc(O)c(O)c([N+](=O)[O-])c3)n2)CC1. The lowest BCUT2D eigenvalue weighted by molar-refractivity contribution is -0.385. The van der Waals surface area contributed by atoms with Crippen LogP contribution in [0.5, 0.6) is 11.5 Å². The number of hydrogen-bond acceptors (Lipinski definition) is 9. The van der Waals surface area contributed by atoms with Crippen LogP contribution in [0.1, 0.15) is 0 Å². The van der Waals surface area contributed by atoms with Crippen LogP contribution in [0.15, 0.2) is 16.7 Å². The van der Waals surface area contributed by atoms with Crippen LogP contribution in [0.3, 0.4) is 0 Å². The molecule has 2 N–H and O–H groups in total. The van der Waals surface area contributed by atoms with Crippen LogP contribution in [0.25, 0.3) is 11.5 Å². The van der Waals surface area contributed by atoms with Crippen molar-refractivity contribution in [3.05, 3.63) is 22.2 Å². The number of aromatic nitrogens is 2. The molecule has 2 heterocycles. The van der Waals surface area contributed by atoms with Gasteiger partial charge in [0.05, 0.1) is 10.5 Å². The number of phenols is 2. The first-order valence-corrected chi connectivity index (χ1v) is 6.93. The van der Waals surface area contributed by atoms with Crippen molar-refractivity contribution in [2.24, 2.45) is 0 Å². The minimum Gasteiger partial charge on any atom is -0.504 e. The Kier molecular flexibility index (Phi) is 3.74. The van der Waals surface area contributed by atoms with Crippen molar-refractivity contribution in [3.63, 3.8) is 0 Å². The molecule has 1 aliphatic heterocycles. The smallest absolute Gasteiger partial charge is 0.315 e. The molecule has 0 spiro atoms. The van der Waals surface area contributed by atoms with E-state index in [2.05, 4.69) is 15.0 Å². The molecule has 0 radical (unpaired) electrons. The Bertz CT molecular complexity index is 738. The van der Waals surface area contributed by atoms with Gasteiger partial charge >= 0.3 is 5.69 Å². The normalized spacial score (nSPS) is 15.8. The number of nitrogens with zero attached hydrogens (tertiary/aromatic N) is 5. The Hall–Kier alpha value is -2.88. The number of benzene rings is 1. The third-order valence-electron chi connectivity index (χ3n) is 3.71. The van der Waals surface area contributed by atoms with Gasteiger partial charge in [-0.15, -0.1) is 0 Å². The Morgan fingerprint density at radius 3 is 2.61 bits per heavy atom. The summed E-state index contributed by atoms with van der Waals surface area (Å²) >= 11 is 0. The maximum Gasteiger partial charge on any atom is 0.315 e. The van der Waals surface area contributed by atoms with Gasteiger partial charge in [-0.25, -0.2) is 0 Å². The fourth-order valence-electron chi connectivity index (χ4n) is 2.33. The number of likely N-dealkylation sites (N-methyl/N-ethyl adjacent to an activating group) is 1. The van der Waals surface area contributed by atoms with E-state index >= 15 is 0 Å². The summed E-state index contributed by atoms with van der Waals surface area (Å²) in [5, 5.41) is 33.9. The van der Waals surface area contributed by atoms with Gasteiger partial charge in [0.2, 0.25) is 5.75 Å². The Morgan fingerprint density at radius 2 is 1.96 bits per heavy atom. The van der Waals surface area contributed by atoms with Gasteiger partial charge in [0.1, 0.15) is 0 Å². The first-order valence-electron chi connectivity index (χ1n) is 6.93. The highest BCUT2D eigenvalue weighted by molar-refractivity contribution is 5.67. The summed E-state index contributed by atoms with van der Waals surface area (Å²) in [5.41, 5.74) is -0.459. The number of nitro benzene ring substituents is 1. The molecule has 1 aromatic heterocycles. The Morgan fingerprint density at radius 1 is 1.26 bits per heavy atom. The number of piperazine rings is 1. The monoisotopic (exact) mass is 321 g/mol. The van der Waals surface area contributed by atoms with Gasteiger partial charge in [-0.05, 0) is 18.3 Å². The minimum absolute atomic E-state index is 0.0392. The van der Waals surface area contributed by atoms with E-state index in [0.29, 0.717) is 5.95 Å². The van der Waals surface area contributed by atoms with E-state index in [1.165, 1.54) is 0 Å². The number of hydrogen-bond donors (Lipinski definition) is 2. The molecule has 1 fully saturated rings. The van der Waals surface area contributed by atoms with E-state index in [0.717, 1.165) is 38.3 Å². The summed E-state index contributed by atoms with van der Waals surface area (Å²) in [7, 11) is 2.03. The van der Waals surface area contributed by atoms with E-state index in [1.54, 1.807) is 0 Å². The zero-order valence-corrected chi connectivity index (χ0v) is 12.3. The predicted octanol–water partition coefficient (Wildman–Crippen LogP) is 0.808. The van der Waals surface area contributed by atoms with Gasteiger partial charge in [0, 0.05) is 32.2 Å². The molecular formula is C13H15N5O5. The minimum atomic E-state index is -0.795. The summed E-state index contributed by atoms with van der Waals surface area (Å²) in [6.07, 6.45) is 0. The van der Waals surface area contributed by atoms with E-state index in [1.807, 2.05) is 11.9 Å². The fourth-order valence-corrected chi connectivity index (χ4v) is 2.33. The van der Waals surface area contributed by atoms with Gasteiger partial charge in [-0.3, -0.25) is 10.1 Å². The van der Waals surface area contributed by atoms with Gasteiger partial charge < -0.3 is 24.5 Å².